The van der Waals surface area contributed by atoms with Gasteiger partial charge in [-0.25, -0.2) is 4.72 Å². The van der Waals surface area contributed by atoms with E-state index in [0.717, 1.165) is 0 Å². The van der Waals surface area contributed by atoms with Gasteiger partial charge in [0, 0.05) is 18.0 Å². The molecule has 7 heteroatoms. The Morgan fingerprint density at radius 3 is 2.25 bits per heavy atom. The highest BCUT2D eigenvalue weighted by molar-refractivity contribution is 7.90. The Balaban J connectivity index is 3.07. The van der Waals surface area contributed by atoms with Crippen molar-refractivity contribution in [3.63, 3.8) is 0 Å². The number of nitrogens with one attached hydrogen (secondary N) is 2. The third kappa shape index (κ3) is 2.73. The topological polar surface area (TPSA) is 84.2 Å². The first-order valence-electron chi connectivity index (χ1n) is 4.85. The SMILES string of the molecule is CNS(=O)(=O)Nc1noc(C(C)(C)C)c1C. The molecule has 0 unspecified atom stereocenters. The summed E-state index contributed by atoms with van der Waals surface area (Å²) >= 11 is 0. The van der Waals surface area contributed by atoms with Gasteiger partial charge in [-0.3, -0.25) is 4.72 Å². The second kappa shape index (κ2) is 4.06. The fraction of sp³-hybridized carbons (Fsp3) is 0.667. The number of aromatic nitrogens is 1. The van der Waals surface area contributed by atoms with Crippen LogP contribution in [0, 0.1) is 6.92 Å². The molecule has 0 aliphatic rings. The Morgan fingerprint density at radius 2 is 1.88 bits per heavy atom. The molecular weight excluding hydrogens is 230 g/mol. The maximum atomic E-state index is 11.3. The average Bonchev–Trinajstić information content (AvgIpc) is 2.47. The van der Waals surface area contributed by atoms with Crippen LogP contribution in [0.15, 0.2) is 4.52 Å². The molecule has 0 aromatic carbocycles. The highest BCUT2D eigenvalue weighted by atomic mass is 32.2. The van der Waals surface area contributed by atoms with Gasteiger partial charge in [-0.2, -0.15) is 8.42 Å². The lowest BCUT2D eigenvalue weighted by Crippen LogP contribution is -2.27. The lowest BCUT2D eigenvalue weighted by Gasteiger charge is -2.14. The Kier molecular flexibility index (Phi) is 3.30. The summed E-state index contributed by atoms with van der Waals surface area (Å²) in [5.41, 5.74) is 0.492. The van der Waals surface area contributed by atoms with Crippen LogP contribution in [-0.4, -0.2) is 20.6 Å². The van der Waals surface area contributed by atoms with Gasteiger partial charge in [-0.05, 0) is 6.92 Å². The van der Waals surface area contributed by atoms with E-state index in [-0.39, 0.29) is 11.2 Å². The predicted molar refractivity (Wildman–Crippen MR) is 61.5 cm³/mol. The molecule has 6 nitrogen and oxygen atoms in total. The Hall–Kier alpha value is -1.08. The average molecular weight is 247 g/mol. The summed E-state index contributed by atoms with van der Waals surface area (Å²) in [6.07, 6.45) is 0. The summed E-state index contributed by atoms with van der Waals surface area (Å²) in [6.45, 7) is 7.68. The fourth-order valence-corrected chi connectivity index (χ4v) is 1.86. The third-order valence-electron chi connectivity index (χ3n) is 2.10. The number of rotatable bonds is 3. The summed E-state index contributed by atoms with van der Waals surface area (Å²) < 4.78 is 32.1. The Bertz CT molecular complexity index is 471. The minimum atomic E-state index is -3.55. The summed E-state index contributed by atoms with van der Waals surface area (Å²) in [7, 11) is -2.23. The molecule has 0 saturated heterocycles. The van der Waals surface area contributed by atoms with Gasteiger partial charge >= 0.3 is 0 Å². The normalized spacial score (nSPS) is 12.8. The molecule has 0 aliphatic heterocycles. The standard InChI is InChI=1S/C9H17N3O3S/c1-6-7(9(2,3)4)15-11-8(6)12-16(13,14)10-5/h10H,1-5H3,(H,11,12). The molecule has 0 fully saturated rings. The second-order valence-corrected chi connectivity index (χ2v) is 6.16. The van der Waals surface area contributed by atoms with Crippen LogP contribution in [0.5, 0.6) is 0 Å². The fourth-order valence-electron chi connectivity index (χ4n) is 1.31. The van der Waals surface area contributed by atoms with Crippen molar-refractivity contribution in [3.8, 4) is 0 Å². The van der Waals surface area contributed by atoms with E-state index in [4.69, 9.17) is 4.52 Å². The summed E-state index contributed by atoms with van der Waals surface area (Å²) in [4.78, 5) is 0. The molecule has 92 valence electrons. The van der Waals surface area contributed by atoms with Gasteiger partial charge < -0.3 is 4.52 Å². The molecule has 16 heavy (non-hydrogen) atoms. The van der Waals surface area contributed by atoms with Gasteiger partial charge in [0.15, 0.2) is 5.82 Å². The van der Waals surface area contributed by atoms with Crippen molar-refractivity contribution in [1.82, 2.24) is 9.88 Å². The number of hydrogen-bond donors (Lipinski definition) is 2. The first-order valence-corrected chi connectivity index (χ1v) is 6.34. The molecule has 1 rings (SSSR count). The number of anilines is 1. The predicted octanol–water partition coefficient (Wildman–Crippen LogP) is 1.16. The van der Waals surface area contributed by atoms with Crippen molar-refractivity contribution >= 4 is 16.0 Å². The molecule has 0 atom stereocenters. The summed E-state index contributed by atoms with van der Waals surface area (Å²) in [6, 6.07) is 0. The van der Waals surface area contributed by atoms with Gasteiger partial charge in [0.2, 0.25) is 0 Å². The maximum Gasteiger partial charge on any atom is 0.300 e. The van der Waals surface area contributed by atoms with Crippen LogP contribution in [0.2, 0.25) is 0 Å². The molecule has 1 aromatic heterocycles. The molecule has 1 aromatic rings. The van der Waals surface area contributed by atoms with Crippen molar-refractivity contribution in [3.05, 3.63) is 11.3 Å². The van der Waals surface area contributed by atoms with Crippen LogP contribution in [0.25, 0.3) is 0 Å². The second-order valence-electron chi connectivity index (χ2n) is 4.54. The van der Waals surface area contributed by atoms with Crippen molar-refractivity contribution in [2.45, 2.75) is 33.1 Å². The molecule has 0 saturated carbocycles. The number of nitrogens with zero attached hydrogens (tertiary/aromatic N) is 1. The van der Waals surface area contributed by atoms with Gasteiger partial charge in [-0.1, -0.05) is 25.9 Å². The number of hydrogen-bond acceptors (Lipinski definition) is 4. The van der Waals surface area contributed by atoms with Gasteiger partial charge in [0.25, 0.3) is 10.2 Å². The van der Waals surface area contributed by atoms with Crippen molar-refractivity contribution in [1.29, 1.82) is 0 Å². The van der Waals surface area contributed by atoms with E-state index in [1.54, 1.807) is 6.92 Å². The van der Waals surface area contributed by atoms with Crippen LogP contribution in [-0.2, 0) is 15.6 Å². The van der Waals surface area contributed by atoms with E-state index in [9.17, 15) is 8.42 Å². The third-order valence-corrected chi connectivity index (χ3v) is 3.10. The zero-order chi connectivity index (χ0) is 12.6. The highest BCUT2D eigenvalue weighted by Gasteiger charge is 2.25. The zero-order valence-corrected chi connectivity index (χ0v) is 10.9. The molecule has 0 aliphatic carbocycles. The van der Waals surface area contributed by atoms with E-state index >= 15 is 0 Å². The van der Waals surface area contributed by atoms with Crippen LogP contribution >= 0.6 is 0 Å². The molecular formula is C9H17N3O3S. The molecule has 0 amide bonds. The highest BCUT2D eigenvalue weighted by Crippen LogP contribution is 2.29. The van der Waals surface area contributed by atoms with Crippen LogP contribution in [0.3, 0.4) is 0 Å². The minimum Gasteiger partial charge on any atom is -0.358 e. The largest absolute Gasteiger partial charge is 0.358 e. The van der Waals surface area contributed by atoms with Crippen molar-refractivity contribution in [2.24, 2.45) is 0 Å². The molecule has 2 N–H and O–H groups in total. The van der Waals surface area contributed by atoms with Gasteiger partial charge in [0.05, 0.1) is 0 Å². The summed E-state index contributed by atoms with van der Waals surface area (Å²) in [5.74, 6) is 0.889. The lowest BCUT2D eigenvalue weighted by molar-refractivity contribution is 0.329. The lowest BCUT2D eigenvalue weighted by atomic mass is 9.91. The van der Waals surface area contributed by atoms with Crippen molar-refractivity contribution in [2.75, 3.05) is 11.8 Å². The minimum absolute atomic E-state index is 0.208. The molecule has 0 bridgehead atoms. The Morgan fingerprint density at radius 1 is 1.31 bits per heavy atom. The van der Waals surface area contributed by atoms with Crippen LogP contribution in [0.4, 0.5) is 5.82 Å². The van der Waals surface area contributed by atoms with E-state index in [1.165, 1.54) is 7.05 Å². The van der Waals surface area contributed by atoms with Crippen LogP contribution in [0.1, 0.15) is 32.1 Å². The van der Waals surface area contributed by atoms with E-state index in [0.29, 0.717) is 11.3 Å². The molecule has 0 radical (unpaired) electrons. The zero-order valence-electron chi connectivity index (χ0n) is 10.1. The van der Waals surface area contributed by atoms with E-state index < -0.39 is 10.2 Å². The molecule has 0 spiro atoms. The van der Waals surface area contributed by atoms with E-state index in [2.05, 4.69) is 14.6 Å². The van der Waals surface area contributed by atoms with Crippen LogP contribution < -0.4 is 9.44 Å². The molecule has 1 heterocycles. The first kappa shape index (κ1) is 13.0. The van der Waals surface area contributed by atoms with Gasteiger partial charge in [0.1, 0.15) is 5.76 Å². The summed E-state index contributed by atoms with van der Waals surface area (Å²) in [5, 5.41) is 3.71. The first-order chi connectivity index (χ1) is 7.17. The Labute approximate surface area is 95.6 Å². The maximum absolute atomic E-state index is 11.3. The monoisotopic (exact) mass is 247 g/mol. The quantitative estimate of drug-likeness (QED) is 0.839. The smallest absolute Gasteiger partial charge is 0.300 e. The van der Waals surface area contributed by atoms with E-state index in [1.807, 2.05) is 20.8 Å². The van der Waals surface area contributed by atoms with Crippen molar-refractivity contribution < 1.29 is 12.9 Å². The van der Waals surface area contributed by atoms with Gasteiger partial charge in [-0.15, -0.1) is 0 Å².